The zero-order valence-electron chi connectivity index (χ0n) is 6.52. The Bertz CT molecular complexity index is 67.9. The number of hydrogen-bond acceptors (Lipinski definition) is 2. The largest absolute Gasteiger partial charge is 0.309 e. The van der Waals surface area contributed by atoms with Crippen LogP contribution in [0.15, 0.2) is 0 Å². The van der Waals surface area contributed by atoms with Crippen molar-refractivity contribution in [1.29, 1.82) is 0 Å². The van der Waals surface area contributed by atoms with Crippen molar-refractivity contribution in [1.82, 2.24) is 10.2 Å². The molecule has 0 aliphatic carbocycles. The Labute approximate surface area is 57.2 Å². The van der Waals surface area contributed by atoms with Crippen molar-refractivity contribution in [2.45, 2.75) is 25.9 Å². The monoisotopic (exact) mass is 128 g/mol. The van der Waals surface area contributed by atoms with Crippen LogP contribution in [-0.4, -0.2) is 37.1 Å². The van der Waals surface area contributed by atoms with E-state index in [9.17, 15) is 0 Å². The molecule has 0 aromatic rings. The molecule has 1 aliphatic rings. The number of rotatable bonds is 0. The molecule has 1 saturated heterocycles. The maximum Gasteiger partial charge on any atom is 0.0169 e. The van der Waals surface area contributed by atoms with Crippen molar-refractivity contribution >= 4 is 0 Å². The smallest absolute Gasteiger partial charge is 0.0169 e. The predicted molar refractivity (Wildman–Crippen MR) is 39.6 cm³/mol. The molecular weight excluding hydrogens is 112 g/mol. The lowest BCUT2D eigenvalue weighted by Gasteiger charge is -2.33. The molecule has 9 heavy (non-hydrogen) atoms. The molecule has 1 heterocycles. The van der Waals surface area contributed by atoms with E-state index >= 15 is 0 Å². The molecule has 2 nitrogen and oxygen atoms in total. The SMILES string of the molecule is CC1CN(C)C[C@@H](C)N1. The van der Waals surface area contributed by atoms with Gasteiger partial charge in [-0.15, -0.1) is 0 Å². The van der Waals surface area contributed by atoms with E-state index < -0.39 is 0 Å². The van der Waals surface area contributed by atoms with Gasteiger partial charge in [-0.2, -0.15) is 0 Å². The molecule has 0 saturated carbocycles. The minimum absolute atomic E-state index is 0.666. The van der Waals surface area contributed by atoms with E-state index in [2.05, 4.69) is 31.1 Å². The van der Waals surface area contributed by atoms with Gasteiger partial charge in [-0.3, -0.25) is 0 Å². The third-order valence-corrected chi connectivity index (χ3v) is 1.74. The summed E-state index contributed by atoms with van der Waals surface area (Å²) in [6.07, 6.45) is 0. The van der Waals surface area contributed by atoms with Gasteiger partial charge in [-0.1, -0.05) is 0 Å². The molecule has 1 N–H and O–H groups in total. The minimum Gasteiger partial charge on any atom is -0.309 e. The second kappa shape index (κ2) is 2.67. The zero-order chi connectivity index (χ0) is 6.85. The first-order valence-corrected chi connectivity index (χ1v) is 3.63. The van der Waals surface area contributed by atoms with Crippen LogP contribution in [0.4, 0.5) is 0 Å². The third kappa shape index (κ3) is 1.95. The van der Waals surface area contributed by atoms with Crippen LogP contribution in [0.5, 0.6) is 0 Å². The second-order valence-electron chi connectivity index (χ2n) is 3.19. The zero-order valence-corrected chi connectivity index (χ0v) is 6.52. The first-order chi connectivity index (χ1) is 4.18. The number of hydrogen-bond donors (Lipinski definition) is 1. The highest BCUT2D eigenvalue weighted by molar-refractivity contribution is 4.78. The first kappa shape index (κ1) is 7.03. The highest BCUT2D eigenvalue weighted by Gasteiger charge is 2.16. The van der Waals surface area contributed by atoms with Gasteiger partial charge in [-0.05, 0) is 20.9 Å². The highest BCUT2D eigenvalue weighted by Crippen LogP contribution is 1.99. The fourth-order valence-corrected chi connectivity index (χ4v) is 1.60. The standard InChI is InChI=1S/C7H16N2/c1-6-4-9(3)5-7(2)8-6/h6-8H,4-5H2,1-3H3/t6-,7?/m1/s1. The molecule has 0 aromatic heterocycles. The van der Waals surface area contributed by atoms with Gasteiger partial charge in [0.2, 0.25) is 0 Å². The summed E-state index contributed by atoms with van der Waals surface area (Å²) in [5, 5.41) is 3.47. The van der Waals surface area contributed by atoms with Crippen LogP contribution < -0.4 is 5.32 Å². The lowest BCUT2D eigenvalue weighted by molar-refractivity contribution is 0.208. The topological polar surface area (TPSA) is 15.3 Å². The van der Waals surface area contributed by atoms with Crippen LogP contribution in [0.1, 0.15) is 13.8 Å². The Balaban J connectivity index is 2.34. The lowest BCUT2D eigenvalue weighted by atomic mass is 10.2. The highest BCUT2D eigenvalue weighted by atomic mass is 15.2. The van der Waals surface area contributed by atoms with Gasteiger partial charge in [0.25, 0.3) is 0 Å². The molecule has 54 valence electrons. The van der Waals surface area contributed by atoms with E-state index in [1.54, 1.807) is 0 Å². The molecule has 0 spiro atoms. The van der Waals surface area contributed by atoms with Crippen LogP contribution in [-0.2, 0) is 0 Å². The number of piperazine rings is 1. The van der Waals surface area contributed by atoms with Gasteiger partial charge in [0.05, 0.1) is 0 Å². The number of likely N-dealkylation sites (N-methyl/N-ethyl adjacent to an activating group) is 1. The minimum atomic E-state index is 0.666. The average molecular weight is 128 g/mol. The Kier molecular flexibility index (Phi) is 2.09. The van der Waals surface area contributed by atoms with Crippen molar-refractivity contribution in [2.75, 3.05) is 20.1 Å². The van der Waals surface area contributed by atoms with Gasteiger partial charge in [0.15, 0.2) is 0 Å². The Morgan fingerprint density at radius 3 is 2.00 bits per heavy atom. The molecule has 1 rings (SSSR count). The maximum atomic E-state index is 3.47. The fourth-order valence-electron chi connectivity index (χ4n) is 1.60. The first-order valence-electron chi connectivity index (χ1n) is 3.63. The van der Waals surface area contributed by atoms with Crippen LogP contribution in [0.3, 0.4) is 0 Å². The summed E-state index contributed by atoms with van der Waals surface area (Å²) in [6.45, 7) is 6.83. The second-order valence-corrected chi connectivity index (χ2v) is 3.19. The van der Waals surface area contributed by atoms with E-state index in [0.29, 0.717) is 12.1 Å². The van der Waals surface area contributed by atoms with Gasteiger partial charge in [0, 0.05) is 25.2 Å². The predicted octanol–water partition coefficient (Wildman–Crippen LogP) is 0.298. The average Bonchev–Trinajstić information content (AvgIpc) is 1.59. The molecule has 1 aliphatic heterocycles. The van der Waals surface area contributed by atoms with Gasteiger partial charge < -0.3 is 10.2 Å². The molecule has 2 heteroatoms. The van der Waals surface area contributed by atoms with Crippen LogP contribution in [0.25, 0.3) is 0 Å². The summed E-state index contributed by atoms with van der Waals surface area (Å²) in [7, 11) is 2.17. The van der Waals surface area contributed by atoms with Crippen molar-refractivity contribution in [3.8, 4) is 0 Å². The summed E-state index contributed by atoms with van der Waals surface area (Å²) in [4.78, 5) is 2.37. The molecule has 2 atom stereocenters. The number of nitrogens with one attached hydrogen (secondary N) is 1. The van der Waals surface area contributed by atoms with Gasteiger partial charge in [0.1, 0.15) is 0 Å². The van der Waals surface area contributed by atoms with Gasteiger partial charge >= 0.3 is 0 Å². The summed E-state index contributed by atoms with van der Waals surface area (Å²) in [5.74, 6) is 0. The summed E-state index contributed by atoms with van der Waals surface area (Å²) in [5.41, 5.74) is 0. The molecule has 0 aromatic carbocycles. The summed E-state index contributed by atoms with van der Waals surface area (Å²) in [6, 6.07) is 1.33. The number of nitrogens with zero attached hydrogens (tertiary/aromatic N) is 1. The molecular formula is C7H16N2. The van der Waals surface area contributed by atoms with E-state index in [1.165, 1.54) is 13.1 Å². The Morgan fingerprint density at radius 2 is 1.67 bits per heavy atom. The maximum absolute atomic E-state index is 3.47. The Hall–Kier alpha value is -0.0800. The molecule has 0 radical (unpaired) electrons. The van der Waals surface area contributed by atoms with E-state index in [4.69, 9.17) is 0 Å². The van der Waals surface area contributed by atoms with E-state index in [-0.39, 0.29) is 0 Å². The van der Waals surface area contributed by atoms with E-state index in [0.717, 1.165) is 0 Å². The lowest BCUT2D eigenvalue weighted by Crippen LogP contribution is -2.52. The molecule has 0 amide bonds. The van der Waals surface area contributed by atoms with Crippen LogP contribution in [0, 0.1) is 0 Å². The molecule has 0 bridgehead atoms. The van der Waals surface area contributed by atoms with Crippen LogP contribution >= 0.6 is 0 Å². The van der Waals surface area contributed by atoms with Crippen molar-refractivity contribution in [3.05, 3.63) is 0 Å². The normalized spacial score (nSPS) is 39.0. The van der Waals surface area contributed by atoms with Crippen molar-refractivity contribution in [2.24, 2.45) is 0 Å². The quantitative estimate of drug-likeness (QED) is 0.504. The Morgan fingerprint density at radius 1 is 1.22 bits per heavy atom. The molecule has 1 unspecified atom stereocenters. The summed E-state index contributed by atoms with van der Waals surface area (Å²) < 4.78 is 0. The molecule has 1 fully saturated rings. The van der Waals surface area contributed by atoms with Crippen molar-refractivity contribution < 1.29 is 0 Å². The van der Waals surface area contributed by atoms with Crippen LogP contribution in [0.2, 0.25) is 0 Å². The third-order valence-electron chi connectivity index (χ3n) is 1.74. The van der Waals surface area contributed by atoms with E-state index in [1.807, 2.05) is 0 Å². The van der Waals surface area contributed by atoms with Crippen molar-refractivity contribution in [3.63, 3.8) is 0 Å². The van der Waals surface area contributed by atoms with Gasteiger partial charge in [-0.25, -0.2) is 0 Å². The summed E-state index contributed by atoms with van der Waals surface area (Å²) >= 11 is 0. The fraction of sp³-hybridized carbons (Fsp3) is 1.00.